The van der Waals surface area contributed by atoms with E-state index in [0.717, 1.165) is 25.7 Å². The van der Waals surface area contributed by atoms with E-state index >= 15 is 0 Å². The van der Waals surface area contributed by atoms with Crippen molar-refractivity contribution in [3.05, 3.63) is 0 Å². The van der Waals surface area contributed by atoms with Crippen LogP contribution in [0.25, 0.3) is 0 Å². The molecule has 28 heavy (non-hydrogen) atoms. The number of carbonyl (C=O) groups is 2. The van der Waals surface area contributed by atoms with Gasteiger partial charge in [-0.1, -0.05) is 104 Å². The van der Waals surface area contributed by atoms with Gasteiger partial charge in [0.05, 0.1) is 0 Å². The highest BCUT2D eigenvalue weighted by molar-refractivity contribution is 6.02. The number of unbranched alkanes of at least 4 members (excludes halogenated alkanes) is 14. The summed E-state index contributed by atoms with van der Waals surface area (Å²) in [6, 6.07) is -1.16. The number of Topliss-reactive ketones (excluding diaryl/α,β-unsaturated/α-hetero) is 1. The summed E-state index contributed by atoms with van der Waals surface area (Å²) in [7, 11) is 0. The summed E-state index contributed by atoms with van der Waals surface area (Å²) in [5.41, 5.74) is 8.15. The van der Waals surface area contributed by atoms with Crippen molar-refractivity contribution < 1.29 is 14.4 Å². The van der Waals surface area contributed by atoms with Crippen LogP contribution in [0.3, 0.4) is 0 Å². The van der Waals surface area contributed by atoms with Crippen molar-refractivity contribution in [1.29, 1.82) is 0 Å². The number of rotatable bonds is 21. The SMILES string of the molecule is CCCCCCCCCCCCCCCCCC(=O)C(N)C(=O)ONCCC. The molecular formula is C23H46N2O3. The second-order valence-corrected chi connectivity index (χ2v) is 7.96. The molecule has 0 aliphatic carbocycles. The van der Waals surface area contributed by atoms with Gasteiger partial charge < -0.3 is 10.6 Å². The molecule has 0 radical (unpaired) electrons. The van der Waals surface area contributed by atoms with Crippen LogP contribution in [-0.4, -0.2) is 24.3 Å². The summed E-state index contributed by atoms with van der Waals surface area (Å²) in [5, 5.41) is 0. The normalized spacial score (nSPS) is 12.1. The first-order valence-corrected chi connectivity index (χ1v) is 11.8. The van der Waals surface area contributed by atoms with Gasteiger partial charge in [-0.25, -0.2) is 4.79 Å². The van der Waals surface area contributed by atoms with Crippen LogP contribution in [0.15, 0.2) is 0 Å². The molecule has 0 aromatic carbocycles. The maximum atomic E-state index is 11.9. The number of hydrogen-bond donors (Lipinski definition) is 2. The zero-order valence-corrected chi connectivity index (χ0v) is 18.6. The minimum atomic E-state index is -1.16. The lowest BCUT2D eigenvalue weighted by molar-refractivity contribution is -0.154. The van der Waals surface area contributed by atoms with Gasteiger partial charge in [0, 0.05) is 13.0 Å². The lowest BCUT2D eigenvalue weighted by Crippen LogP contribution is -2.42. The molecule has 0 spiro atoms. The molecule has 0 saturated heterocycles. The topological polar surface area (TPSA) is 81.4 Å². The predicted molar refractivity (Wildman–Crippen MR) is 117 cm³/mol. The van der Waals surface area contributed by atoms with Crippen molar-refractivity contribution in [3.8, 4) is 0 Å². The highest BCUT2D eigenvalue weighted by Crippen LogP contribution is 2.13. The largest absolute Gasteiger partial charge is 0.369 e. The van der Waals surface area contributed by atoms with Gasteiger partial charge in [0.25, 0.3) is 0 Å². The Balaban J connectivity index is 3.36. The first-order valence-electron chi connectivity index (χ1n) is 11.8. The maximum absolute atomic E-state index is 11.9. The Labute approximate surface area is 173 Å². The molecule has 1 unspecified atom stereocenters. The van der Waals surface area contributed by atoms with Crippen LogP contribution in [0, 0.1) is 0 Å². The summed E-state index contributed by atoms with van der Waals surface area (Å²) in [6.07, 6.45) is 20.5. The summed E-state index contributed by atoms with van der Waals surface area (Å²) >= 11 is 0. The van der Waals surface area contributed by atoms with E-state index in [1.165, 1.54) is 77.0 Å². The summed E-state index contributed by atoms with van der Waals surface area (Å²) in [5.74, 6) is -0.905. The lowest BCUT2D eigenvalue weighted by atomic mass is 10.0. The van der Waals surface area contributed by atoms with Crippen molar-refractivity contribution in [3.63, 3.8) is 0 Å². The van der Waals surface area contributed by atoms with Gasteiger partial charge in [0.2, 0.25) is 0 Å². The van der Waals surface area contributed by atoms with Crippen molar-refractivity contribution in [2.24, 2.45) is 5.73 Å². The van der Waals surface area contributed by atoms with Gasteiger partial charge in [0.1, 0.15) is 0 Å². The third-order valence-corrected chi connectivity index (χ3v) is 5.15. The number of ketones is 1. The fourth-order valence-electron chi connectivity index (χ4n) is 3.25. The Hall–Kier alpha value is -0.940. The van der Waals surface area contributed by atoms with Gasteiger partial charge in [-0.15, -0.1) is 0 Å². The van der Waals surface area contributed by atoms with Gasteiger partial charge in [-0.3, -0.25) is 4.79 Å². The molecule has 0 fully saturated rings. The Bertz CT molecular complexity index is 375. The van der Waals surface area contributed by atoms with Crippen LogP contribution in [0.1, 0.15) is 123 Å². The molecule has 0 aromatic heterocycles. The minimum absolute atomic E-state index is 0.224. The molecule has 0 rings (SSSR count). The van der Waals surface area contributed by atoms with E-state index < -0.39 is 12.0 Å². The standard InChI is InChI=1S/C23H46N2O3/c1-3-5-6-7-8-9-10-11-12-13-14-15-16-17-18-19-21(26)22(24)23(27)28-25-20-4-2/h22,25H,3-20,24H2,1-2H3. The highest BCUT2D eigenvalue weighted by Gasteiger charge is 2.23. The van der Waals surface area contributed by atoms with Gasteiger partial charge >= 0.3 is 5.97 Å². The second kappa shape index (κ2) is 20.8. The number of carbonyl (C=O) groups excluding carboxylic acids is 2. The number of nitrogens with one attached hydrogen (secondary N) is 1. The van der Waals surface area contributed by atoms with Crippen molar-refractivity contribution >= 4 is 11.8 Å². The molecular weight excluding hydrogens is 352 g/mol. The Morgan fingerprint density at radius 2 is 1.14 bits per heavy atom. The summed E-state index contributed by atoms with van der Waals surface area (Å²) in [6.45, 7) is 4.79. The van der Waals surface area contributed by atoms with Crippen LogP contribution < -0.4 is 11.2 Å². The molecule has 166 valence electrons. The molecule has 3 N–H and O–H groups in total. The molecule has 0 aliphatic heterocycles. The number of nitrogens with two attached hydrogens (primary N) is 1. The smallest absolute Gasteiger partial charge is 0.349 e. The van der Waals surface area contributed by atoms with Crippen molar-refractivity contribution in [2.75, 3.05) is 6.54 Å². The molecule has 0 aliphatic rings. The third kappa shape index (κ3) is 17.2. The second-order valence-electron chi connectivity index (χ2n) is 7.96. The lowest BCUT2D eigenvalue weighted by Gasteiger charge is -2.10. The Morgan fingerprint density at radius 3 is 1.57 bits per heavy atom. The van der Waals surface area contributed by atoms with Crippen LogP contribution in [0.5, 0.6) is 0 Å². The Morgan fingerprint density at radius 1 is 0.714 bits per heavy atom. The average Bonchev–Trinajstić information content (AvgIpc) is 2.70. The van der Waals surface area contributed by atoms with Crippen molar-refractivity contribution in [1.82, 2.24) is 5.48 Å². The minimum Gasteiger partial charge on any atom is -0.369 e. The quantitative estimate of drug-likeness (QED) is 0.149. The van der Waals surface area contributed by atoms with Crippen LogP contribution in [-0.2, 0) is 14.4 Å². The van der Waals surface area contributed by atoms with E-state index in [2.05, 4.69) is 12.4 Å². The van der Waals surface area contributed by atoms with Gasteiger partial charge in [0.15, 0.2) is 11.8 Å². The van der Waals surface area contributed by atoms with E-state index in [9.17, 15) is 9.59 Å². The molecule has 5 heteroatoms. The molecule has 0 aromatic rings. The van der Waals surface area contributed by atoms with Crippen LogP contribution in [0.4, 0.5) is 0 Å². The van der Waals surface area contributed by atoms with E-state index in [1.54, 1.807) is 0 Å². The van der Waals surface area contributed by atoms with Crippen molar-refractivity contribution in [2.45, 2.75) is 129 Å². The highest BCUT2D eigenvalue weighted by atomic mass is 16.7. The zero-order valence-electron chi connectivity index (χ0n) is 18.6. The molecule has 0 heterocycles. The molecule has 0 bridgehead atoms. The fraction of sp³-hybridized carbons (Fsp3) is 0.913. The number of hydrogen-bond acceptors (Lipinski definition) is 5. The average molecular weight is 399 g/mol. The molecule has 1 atom stereocenters. The fourth-order valence-corrected chi connectivity index (χ4v) is 3.25. The Kier molecular flexibility index (Phi) is 20.1. The van der Waals surface area contributed by atoms with E-state index in [4.69, 9.17) is 10.6 Å². The first kappa shape index (κ1) is 27.1. The summed E-state index contributed by atoms with van der Waals surface area (Å²) in [4.78, 5) is 28.2. The van der Waals surface area contributed by atoms with Crippen LogP contribution >= 0.6 is 0 Å². The van der Waals surface area contributed by atoms with Gasteiger partial charge in [-0.05, 0) is 12.8 Å². The van der Waals surface area contributed by atoms with Gasteiger partial charge in [-0.2, -0.15) is 5.48 Å². The van der Waals surface area contributed by atoms with E-state index in [1.807, 2.05) is 6.92 Å². The molecule has 0 amide bonds. The molecule has 5 nitrogen and oxygen atoms in total. The van der Waals surface area contributed by atoms with E-state index in [0.29, 0.717) is 13.0 Å². The number of hydroxylamine groups is 1. The third-order valence-electron chi connectivity index (χ3n) is 5.15. The zero-order chi connectivity index (χ0) is 20.9. The molecule has 0 saturated carbocycles. The first-order chi connectivity index (χ1) is 13.6. The monoisotopic (exact) mass is 398 g/mol. The predicted octanol–water partition coefficient (Wildman–Crippen LogP) is 5.60. The van der Waals surface area contributed by atoms with Crippen LogP contribution in [0.2, 0.25) is 0 Å². The van der Waals surface area contributed by atoms with E-state index in [-0.39, 0.29) is 5.78 Å². The maximum Gasteiger partial charge on any atom is 0.349 e. The summed E-state index contributed by atoms with van der Waals surface area (Å²) < 4.78 is 0.